The Morgan fingerprint density at radius 2 is 2.00 bits per heavy atom. The topological polar surface area (TPSA) is 17.1 Å². The average molecular weight is 176 g/mol. The molecule has 5 fully saturated rings. The predicted molar refractivity (Wildman–Crippen MR) is 49.1 cm³/mol. The van der Waals surface area contributed by atoms with Crippen molar-refractivity contribution in [2.45, 2.75) is 39.0 Å². The third-order valence-electron chi connectivity index (χ3n) is 6.15. The lowest BCUT2D eigenvalue weighted by atomic mass is 9.64. The van der Waals surface area contributed by atoms with Crippen LogP contribution in [0.3, 0.4) is 0 Å². The van der Waals surface area contributed by atoms with Crippen LogP contribution in [0.25, 0.3) is 0 Å². The third kappa shape index (κ3) is 0.480. The second-order valence-corrected chi connectivity index (χ2v) is 6.05. The van der Waals surface area contributed by atoms with Gasteiger partial charge in [-0.15, -0.1) is 0 Å². The Morgan fingerprint density at radius 3 is 2.69 bits per heavy atom. The van der Waals surface area contributed by atoms with E-state index in [0.29, 0.717) is 16.6 Å². The Balaban J connectivity index is 1.88. The first-order valence-corrected chi connectivity index (χ1v) is 5.70. The third-order valence-corrected chi connectivity index (χ3v) is 6.15. The van der Waals surface area contributed by atoms with Crippen LogP contribution < -0.4 is 0 Å². The van der Waals surface area contributed by atoms with Crippen molar-refractivity contribution in [3.05, 3.63) is 0 Å². The summed E-state index contributed by atoms with van der Waals surface area (Å²) >= 11 is 0. The molecule has 5 atom stereocenters. The standard InChI is InChI=1S/C12H16O/c1-11-3-2-8(13)6-12(11)9-4-7(11)5-10(9)12/h7,9-10H,2-6H2,1H3/t7?,9-,10?,11-,12?/m1/s1. The minimum atomic E-state index is 0.549. The van der Waals surface area contributed by atoms with E-state index in [1.807, 2.05) is 0 Å². The zero-order valence-electron chi connectivity index (χ0n) is 8.18. The van der Waals surface area contributed by atoms with Crippen LogP contribution in [0.4, 0.5) is 0 Å². The predicted octanol–water partition coefficient (Wildman–Crippen LogP) is 2.40. The molecule has 5 saturated carbocycles. The van der Waals surface area contributed by atoms with Gasteiger partial charge in [0, 0.05) is 12.8 Å². The second kappa shape index (κ2) is 1.62. The molecule has 0 heterocycles. The van der Waals surface area contributed by atoms with E-state index in [9.17, 15) is 4.79 Å². The van der Waals surface area contributed by atoms with E-state index >= 15 is 0 Å². The molecule has 3 unspecified atom stereocenters. The molecule has 1 nitrogen and oxygen atoms in total. The number of hydrogen-bond donors (Lipinski definition) is 0. The summed E-state index contributed by atoms with van der Waals surface area (Å²) in [5.74, 6) is 3.52. The van der Waals surface area contributed by atoms with Crippen molar-refractivity contribution >= 4 is 5.78 Å². The molecule has 13 heavy (non-hydrogen) atoms. The van der Waals surface area contributed by atoms with Gasteiger partial charge in [-0.1, -0.05) is 6.92 Å². The van der Waals surface area contributed by atoms with Crippen molar-refractivity contribution in [3.63, 3.8) is 0 Å². The maximum absolute atomic E-state index is 11.5. The lowest BCUT2D eigenvalue weighted by Gasteiger charge is -2.39. The van der Waals surface area contributed by atoms with Gasteiger partial charge in [-0.3, -0.25) is 4.79 Å². The smallest absolute Gasteiger partial charge is 0.133 e. The van der Waals surface area contributed by atoms with Crippen LogP contribution in [-0.2, 0) is 4.79 Å². The molecule has 1 spiro atoms. The van der Waals surface area contributed by atoms with Gasteiger partial charge >= 0.3 is 0 Å². The van der Waals surface area contributed by atoms with E-state index in [0.717, 1.165) is 30.6 Å². The molecule has 0 radical (unpaired) electrons. The fourth-order valence-corrected chi connectivity index (χ4v) is 5.52. The highest BCUT2D eigenvalue weighted by atomic mass is 16.1. The number of hydrogen-bond acceptors (Lipinski definition) is 1. The average Bonchev–Trinajstić information content (AvgIpc) is 2.54. The van der Waals surface area contributed by atoms with Crippen molar-refractivity contribution in [2.75, 3.05) is 0 Å². The molecule has 70 valence electrons. The zero-order chi connectivity index (χ0) is 8.84. The van der Waals surface area contributed by atoms with Gasteiger partial charge in [-0.05, 0) is 47.8 Å². The molecular formula is C12H16O. The summed E-state index contributed by atoms with van der Waals surface area (Å²) in [5, 5.41) is 0. The molecule has 0 aromatic rings. The van der Waals surface area contributed by atoms with Crippen LogP contribution in [0.2, 0.25) is 0 Å². The number of carbonyl (C=O) groups excluding carboxylic acids is 1. The van der Waals surface area contributed by atoms with Gasteiger partial charge < -0.3 is 0 Å². The fraction of sp³-hybridized carbons (Fsp3) is 0.917. The Morgan fingerprint density at radius 1 is 1.31 bits per heavy atom. The molecule has 0 N–H and O–H groups in total. The molecule has 1 heteroatoms. The van der Waals surface area contributed by atoms with Gasteiger partial charge in [-0.25, -0.2) is 0 Å². The molecule has 0 saturated heterocycles. The van der Waals surface area contributed by atoms with Gasteiger partial charge in [0.25, 0.3) is 0 Å². The summed E-state index contributed by atoms with van der Waals surface area (Å²) in [7, 11) is 0. The Bertz CT molecular complexity index is 307. The maximum atomic E-state index is 11.5. The molecule has 0 aliphatic heterocycles. The monoisotopic (exact) mass is 176 g/mol. The first-order valence-electron chi connectivity index (χ1n) is 5.70. The van der Waals surface area contributed by atoms with E-state index in [1.165, 1.54) is 19.3 Å². The van der Waals surface area contributed by atoms with E-state index in [-0.39, 0.29) is 0 Å². The Labute approximate surface area is 78.9 Å². The number of ketones is 1. The zero-order valence-corrected chi connectivity index (χ0v) is 8.18. The summed E-state index contributed by atoms with van der Waals surface area (Å²) in [6.45, 7) is 2.48. The summed E-state index contributed by atoms with van der Waals surface area (Å²) in [5.41, 5.74) is 1.14. The van der Waals surface area contributed by atoms with Gasteiger partial charge in [0.15, 0.2) is 0 Å². The highest BCUT2D eigenvalue weighted by Gasteiger charge is 2.84. The highest BCUT2D eigenvalue weighted by Crippen LogP contribution is 2.89. The van der Waals surface area contributed by atoms with Crippen molar-refractivity contribution in [1.29, 1.82) is 0 Å². The fourth-order valence-electron chi connectivity index (χ4n) is 5.52. The summed E-state index contributed by atoms with van der Waals surface area (Å²) in [4.78, 5) is 11.5. The SMILES string of the molecule is C[C@]12CCC(=O)CC13C1CC2C[C@H]13. The van der Waals surface area contributed by atoms with E-state index < -0.39 is 0 Å². The van der Waals surface area contributed by atoms with Crippen LogP contribution in [0.5, 0.6) is 0 Å². The largest absolute Gasteiger partial charge is 0.300 e. The highest BCUT2D eigenvalue weighted by molar-refractivity contribution is 5.81. The summed E-state index contributed by atoms with van der Waals surface area (Å²) in [6.07, 6.45) is 5.98. The number of carbonyl (C=O) groups is 1. The van der Waals surface area contributed by atoms with Crippen molar-refractivity contribution in [3.8, 4) is 0 Å². The number of rotatable bonds is 0. The van der Waals surface area contributed by atoms with Gasteiger partial charge in [0.1, 0.15) is 5.78 Å². The molecule has 0 aromatic heterocycles. The van der Waals surface area contributed by atoms with Crippen LogP contribution in [0.15, 0.2) is 0 Å². The van der Waals surface area contributed by atoms with Crippen LogP contribution in [0, 0.1) is 28.6 Å². The molecule has 5 rings (SSSR count). The quantitative estimate of drug-likeness (QED) is 0.554. The molecule has 0 amide bonds. The number of Topliss-reactive ketones (excluding diaryl/α,β-unsaturated/α-hetero) is 1. The van der Waals surface area contributed by atoms with Gasteiger partial charge in [0.05, 0.1) is 0 Å². The Hall–Kier alpha value is -0.330. The minimum absolute atomic E-state index is 0.549. The van der Waals surface area contributed by atoms with Crippen molar-refractivity contribution in [1.82, 2.24) is 0 Å². The molecular weight excluding hydrogens is 160 g/mol. The van der Waals surface area contributed by atoms with Crippen LogP contribution in [0.1, 0.15) is 39.0 Å². The lowest BCUT2D eigenvalue weighted by Crippen LogP contribution is -2.35. The lowest BCUT2D eigenvalue weighted by molar-refractivity contribution is -0.125. The van der Waals surface area contributed by atoms with Crippen LogP contribution in [-0.4, -0.2) is 5.78 Å². The first kappa shape index (κ1) is 7.03. The van der Waals surface area contributed by atoms with Crippen molar-refractivity contribution in [2.24, 2.45) is 28.6 Å². The molecule has 5 aliphatic rings. The van der Waals surface area contributed by atoms with Crippen LogP contribution >= 0.6 is 0 Å². The van der Waals surface area contributed by atoms with Gasteiger partial charge in [0.2, 0.25) is 0 Å². The first-order chi connectivity index (χ1) is 6.18. The van der Waals surface area contributed by atoms with E-state index in [4.69, 9.17) is 0 Å². The van der Waals surface area contributed by atoms with E-state index in [1.54, 1.807) is 0 Å². The minimum Gasteiger partial charge on any atom is -0.300 e. The van der Waals surface area contributed by atoms with Crippen molar-refractivity contribution < 1.29 is 4.79 Å². The molecule has 0 aromatic carbocycles. The Kier molecular flexibility index (Phi) is 0.874. The van der Waals surface area contributed by atoms with Gasteiger partial charge in [-0.2, -0.15) is 0 Å². The summed E-state index contributed by atoms with van der Waals surface area (Å²) in [6, 6.07) is 0. The maximum Gasteiger partial charge on any atom is 0.133 e. The molecule has 5 aliphatic carbocycles. The normalized spacial score (nSPS) is 66.8. The van der Waals surface area contributed by atoms with E-state index in [2.05, 4.69) is 6.92 Å². The molecule has 4 bridgehead atoms. The summed E-state index contributed by atoms with van der Waals surface area (Å²) < 4.78 is 0. The second-order valence-electron chi connectivity index (χ2n) is 6.05.